The number of benzene rings is 1. The molecular formula is C15H21F3N2O2S. The van der Waals surface area contributed by atoms with E-state index in [9.17, 15) is 21.6 Å². The summed E-state index contributed by atoms with van der Waals surface area (Å²) in [5.74, 6) is 0.241. The zero-order valence-corrected chi connectivity index (χ0v) is 13.9. The molecule has 0 bridgehead atoms. The summed E-state index contributed by atoms with van der Waals surface area (Å²) in [6, 6.07) is 3.14. The van der Waals surface area contributed by atoms with Crippen LogP contribution in [0.2, 0.25) is 0 Å². The van der Waals surface area contributed by atoms with E-state index in [0.29, 0.717) is 12.8 Å². The maximum Gasteiger partial charge on any atom is 0.416 e. The molecule has 1 aliphatic rings. The number of hydrogen-bond acceptors (Lipinski definition) is 3. The molecule has 2 rings (SSSR count). The molecule has 1 unspecified atom stereocenters. The van der Waals surface area contributed by atoms with Gasteiger partial charge in [0.15, 0.2) is 0 Å². The summed E-state index contributed by atoms with van der Waals surface area (Å²) in [7, 11) is -3.92. The fourth-order valence-electron chi connectivity index (χ4n) is 2.86. The molecule has 1 atom stereocenters. The molecule has 0 radical (unpaired) electrons. The minimum atomic E-state index is -4.57. The van der Waals surface area contributed by atoms with Gasteiger partial charge in [0.25, 0.3) is 0 Å². The Hall–Kier alpha value is -1.12. The van der Waals surface area contributed by atoms with Crippen LogP contribution in [-0.4, -0.2) is 31.9 Å². The number of hydrogen-bond donors (Lipinski definition) is 1. The van der Waals surface area contributed by atoms with Crippen molar-refractivity contribution in [2.75, 3.05) is 13.1 Å². The van der Waals surface area contributed by atoms with Crippen molar-refractivity contribution in [2.24, 2.45) is 11.7 Å². The average molecular weight is 350 g/mol. The lowest BCUT2D eigenvalue weighted by Gasteiger charge is -2.33. The molecule has 0 aliphatic carbocycles. The van der Waals surface area contributed by atoms with Crippen molar-refractivity contribution in [2.45, 2.75) is 43.8 Å². The SMILES string of the molecule is Cc1ccc(S(=O)(=O)N2CCC(C(C)N)CC2)cc1C(F)(F)F. The van der Waals surface area contributed by atoms with Crippen LogP contribution in [-0.2, 0) is 16.2 Å². The van der Waals surface area contributed by atoms with Gasteiger partial charge in [-0.05, 0) is 50.3 Å². The Kier molecular flexibility index (Phi) is 5.08. The van der Waals surface area contributed by atoms with Crippen LogP contribution in [0.15, 0.2) is 23.1 Å². The van der Waals surface area contributed by atoms with Crippen LogP contribution in [0.3, 0.4) is 0 Å². The molecule has 1 heterocycles. The van der Waals surface area contributed by atoms with Gasteiger partial charge in [-0.2, -0.15) is 17.5 Å². The van der Waals surface area contributed by atoms with Crippen LogP contribution in [0.5, 0.6) is 0 Å². The van der Waals surface area contributed by atoms with Gasteiger partial charge in [0.2, 0.25) is 10.0 Å². The van der Waals surface area contributed by atoms with Gasteiger partial charge in [-0.15, -0.1) is 0 Å². The Bertz CT molecular complexity index is 664. The third-order valence-electron chi connectivity index (χ3n) is 4.39. The monoisotopic (exact) mass is 350 g/mol. The van der Waals surface area contributed by atoms with Crippen molar-refractivity contribution >= 4 is 10.0 Å². The Morgan fingerprint density at radius 1 is 1.26 bits per heavy atom. The van der Waals surface area contributed by atoms with Gasteiger partial charge in [-0.3, -0.25) is 0 Å². The first kappa shape index (κ1) is 18.2. The van der Waals surface area contributed by atoms with Gasteiger partial charge in [0, 0.05) is 19.1 Å². The first-order chi connectivity index (χ1) is 10.5. The van der Waals surface area contributed by atoms with Crippen LogP contribution in [0.25, 0.3) is 0 Å². The molecule has 8 heteroatoms. The second-order valence-electron chi connectivity index (χ2n) is 6.08. The predicted molar refractivity (Wildman–Crippen MR) is 81.3 cm³/mol. The van der Waals surface area contributed by atoms with Crippen LogP contribution in [0.1, 0.15) is 30.9 Å². The lowest BCUT2D eigenvalue weighted by molar-refractivity contribution is -0.138. The van der Waals surface area contributed by atoms with Crippen molar-refractivity contribution in [1.29, 1.82) is 0 Å². The molecular weight excluding hydrogens is 329 g/mol. The van der Waals surface area contributed by atoms with Gasteiger partial charge < -0.3 is 5.73 Å². The standard InChI is InChI=1S/C15H21F3N2O2S/c1-10-3-4-13(9-14(10)15(16,17)18)23(21,22)20-7-5-12(6-8-20)11(2)19/h3-4,9,11-12H,5-8,19H2,1-2H3. The highest BCUT2D eigenvalue weighted by Crippen LogP contribution is 2.34. The number of sulfonamides is 1. The van der Waals surface area contributed by atoms with E-state index in [4.69, 9.17) is 5.73 Å². The van der Waals surface area contributed by atoms with E-state index < -0.39 is 21.8 Å². The Labute approximate surface area is 134 Å². The maximum absolute atomic E-state index is 13.0. The topological polar surface area (TPSA) is 63.4 Å². The highest BCUT2D eigenvalue weighted by atomic mass is 32.2. The molecule has 0 saturated carbocycles. The summed E-state index contributed by atoms with van der Waals surface area (Å²) in [4.78, 5) is -0.310. The van der Waals surface area contributed by atoms with Crippen molar-refractivity contribution < 1.29 is 21.6 Å². The molecule has 130 valence electrons. The average Bonchev–Trinajstić information content (AvgIpc) is 2.46. The van der Waals surface area contributed by atoms with E-state index >= 15 is 0 Å². The number of nitrogens with two attached hydrogens (primary N) is 1. The molecule has 2 N–H and O–H groups in total. The lowest BCUT2D eigenvalue weighted by atomic mass is 9.92. The van der Waals surface area contributed by atoms with E-state index in [1.165, 1.54) is 23.4 Å². The molecule has 1 aliphatic heterocycles. The molecule has 0 aromatic heterocycles. The van der Waals surface area contributed by atoms with E-state index in [1.807, 2.05) is 6.92 Å². The molecule has 4 nitrogen and oxygen atoms in total. The molecule has 23 heavy (non-hydrogen) atoms. The highest BCUT2D eigenvalue weighted by molar-refractivity contribution is 7.89. The molecule has 1 saturated heterocycles. The Balaban J connectivity index is 2.28. The number of piperidine rings is 1. The van der Waals surface area contributed by atoms with Crippen molar-refractivity contribution in [3.05, 3.63) is 29.3 Å². The first-order valence-electron chi connectivity index (χ1n) is 7.47. The molecule has 0 spiro atoms. The zero-order chi connectivity index (χ0) is 17.4. The second kappa shape index (κ2) is 6.41. The third-order valence-corrected chi connectivity index (χ3v) is 6.29. The number of halogens is 3. The van der Waals surface area contributed by atoms with Crippen LogP contribution in [0.4, 0.5) is 13.2 Å². The Morgan fingerprint density at radius 3 is 2.30 bits per heavy atom. The molecule has 1 fully saturated rings. The molecule has 1 aromatic rings. The van der Waals surface area contributed by atoms with E-state index in [0.717, 1.165) is 6.07 Å². The number of aryl methyl sites for hydroxylation is 1. The van der Waals surface area contributed by atoms with Gasteiger partial charge in [0.1, 0.15) is 0 Å². The van der Waals surface area contributed by atoms with Crippen molar-refractivity contribution in [3.63, 3.8) is 0 Å². The van der Waals surface area contributed by atoms with Gasteiger partial charge in [0.05, 0.1) is 10.5 Å². The van der Waals surface area contributed by atoms with Gasteiger partial charge in [-0.25, -0.2) is 8.42 Å². The lowest BCUT2D eigenvalue weighted by Crippen LogP contribution is -2.42. The first-order valence-corrected chi connectivity index (χ1v) is 8.91. The largest absolute Gasteiger partial charge is 0.416 e. The van der Waals surface area contributed by atoms with E-state index in [1.54, 1.807) is 0 Å². The summed E-state index contributed by atoms with van der Waals surface area (Å²) in [6.45, 7) is 3.76. The van der Waals surface area contributed by atoms with Crippen molar-refractivity contribution in [1.82, 2.24) is 4.31 Å². The fraction of sp³-hybridized carbons (Fsp3) is 0.600. The number of nitrogens with zero attached hydrogens (tertiary/aromatic N) is 1. The summed E-state index contributed by atoms with van der Waals surface area (Å²) in [6.07, 6.45) is -3.33. The summed E-state index contributed by atoms with van der Waals surface area (Å²) >= 11 is 0. The predicted octanol–water partition coefficient (Wildman–Crippen LogP) is 2.76. The van der Waals surface area contributed by atoms with Crippen LogP contribution < -0.4 is 5.73 Å². The summed E-state index contributed by atoms with van der Waals surface area (Å²) in [5, 5.41) is 0. The zero-order valence-electron chi connectivity index (χ0n) is 13.1. The van der Waals surface area contributed by atoms with E-state index in [-0.39, 0.29) is 35.5 Å². The molecule has 0 amide bonds. The van der Waals surface area contributed by atoms with Crippen molar-refractivity contribution in [3.8, 4) is 0 Å². The number of alkyl halides is 3. The molecule has 1 aromatic carbocycles. The summed E-state index contributed by atoms with van der Waals surface area (Å²) in [5.41, 5.74) is 4.92. The second-order valence-corrected chi connectivity index (χ2v) is 8.01. The minimum absolute atomic E-state index is 0.00659. The van der Waals surface area contributed by atoms with Gasteiger partial charge in [-0.1, -0.05) is 6.07 Å². The fourth-order valence-corrected chi connectivity index (χ4v) is 4.35. The maximum atomic E-state index is 13.0. The van der Waals surface area contributed by atoms with E-state index in [2.05, 4.69) is 0 Å². The van der Waals surface area contributed by atoms with Crippen LogP contribution in [0, 0.1) is 12.8 Å². The number of rotatable bonds is 3. The van der Waals surface area contributed by atoms with Gasteiger partial charge >= 0.3 is 6.18 Å². The summed E-state index contributed by atoms with van der Waals surface area (Å²) < 4.78 is 65.3. The van der Waals surface area contributed by atoms with Crippen LogP contribution >= 0.6 is 0 Å². The normalized spacial score (nSPS) is 19.7. The quantitative estimate of drug-likeness (QED) is 0.912. The minimum Gasteiger partial charge on any atom is -0.328 e. The Morgan fingerprint density at radius 2 is 1.83 bits per heavy atom. The smallest absolute Gasteiger partial charge is 0.328 e. The third kappa shape index (κ3) is 3.87. The highest BCUT2D eigenvalue weighted by Gasteiger charge is 2.35.